The van der Waals surface area contributed by atoms with Crippen LogP contribution in [-0.2, 0) is 4.79 Å². The molecule has 16 heavy (non-hydrogen) atoms. The molecule has 1 aliphatic carbocycles. The Morgan fingerprint density at radius 2 is 2.00 bits per heavy atom. The van der Waals surface area contributed by atoms with E-state index in [4.69, 9.17) is 0 Å². The fraction of sp³-hybridized carbons (Fsp3) is 0.643. The lowest BCUT2D eigenvalue weighted by atomic mass is 9.61. The molecule has 2 atom stereocenters. The predicted octanol–water partition coefficient (Wildman–Crippen LogP) is 3.65. The van der Waals surface area contributed by atoms with Gasteiger partial charge in [-0.2, -0.15) is 0 Å². The summed E-state index contributed by atoms with van der Waals surface area (Å²) in [6, 6.07) is 0. The van der Waals surface area contributed by atoms with Crippen LogP contribution in [0.3, 0.4) is 0 Å². The third kappa shape index (κ3) is 2.21. The van der Waals surface area contributed by atoms with E-state index in [1.54, 1.807) is 0 Å². The minimum absolute atomic E-state index is 0.0167. The molecule has 0 saturated heterocycles. The van der Waals surface area contributed by atoms with Crippen molar-refractivity contribution in [1.82, 2.24) is 0 Å². The summed E-state index contributed by atoms with van der Waals surface area (Å²) in [5, 5.41) is 9.48. The smallest absolute Gasteiger partial charge is 0.310 e. The van der Waals surface area contributed by atoms with E-state index >= 15 is 0 Å². The van der Waals surface area contributed by atoms with Gasteiger partial charge in [-0.3, -0.25) is 4.79 Å². The number of carboxylic acid groups (broad SMARTS) is 1. The van der Waals surface area contributed by atoms with E-state index in [1.165, 1.54) is 0 Å². The topological polar surface area (TPSA) is 37.3 Å². The Labute approximate surface area is 98.1 Å². The van der Waals surface area contributed by atoms with Crippen molar-refractivity contribution in [2.24, 2.45) is 16.7 Å². The van der Waals surface area contributed by atoms with E-state index in [0.717, 1.165) is 5.57 Å². The average molecular weight is 222 g/mol. The largest absolute Gasteiger partial charge is 0.481 e. The van der Waals surface area contributed by atoms with Crippen LogP contribution in [0.1, 0.15) is 41.0 Å². The molecule has 0 aromatic rings. The van der Waals surface area contributed by atoms with Crippen molar-refractivity contribution in [2.75, 3.05) is 0 Å². The highest BCUT2D eigenvalue weighted by Gasteiger charge is 2.46. The maximum absolute atomic E-state index is 11.5. The molecule has 0 saturated carbocycles. The first kappa shape index (κ1) is 13.0. The van der Waals surface area contributed by atoms with Crippen molar-refractivity contribution >= 4 is 5.97 Å². The van der Waals surface area contributed by atoms with Gasteiger partial charge in [-0.15, -0.1) is 0 Å². The number of aliphatic carboxylic acids is 1. The van der Waals surface area contributed by atoms with Gasteiger partial charge in [0.15, 0.2) is 0 Å². The summed E-state index contributed by atoms with van der Waals surface area (Å²) in [6.45, 7) is 10.0. The van der Waals surface area contributed by atoms with E-state index in [1.807, 2.05) is 26.8 Å². The predicted molar refractivity (Wildman–Crippen MR) is 66.2 cm³/mol. The minimum atomic E-state index is -0.698. The molecule has 0 aromatic carbocycles. The van der Waals surface area contributed by atoms with Gasteiger partial charge in [0.25, 0.3) is 0 Å². The highest BCUT2D eigenvalue weighted by molar-refractivity contribution is 5.76. The second kappa shape index (κ2) is 4.08. The summed E-state index contributed by atoms with van der Waals surface area (Å²) in [4.78, 5) is 11.5. The second-order valence-electron chi connectivity index (χ2n) is 5.76. The van der Waals surface area contributed by atoms with Crippen LogP contribution >= 0.6 is 0 Å². The van der Waals surface area contributed by atoms with E-state index in [2.05, 4.69) is 26.0 Å². The summed E-state index contributed by atoms with van der Waals surface area (Å²) in [6.07, 6.45) is 6.90. The summed E-state index contributed by atoms with van der Waals surface area (Å²) >= 11 is 0. The SMILES string of the molecule is CC=C(C)C1C=CC(C)(C)C[C@@]1(C)C(=O)O. The second-order valence-corrected chi connectivity index (χ2v) is 5.76. The Kier molecular flexibility index (Phi) is 3.32. The Hall–Kier alpha value is -1.05. The van der Waals surface area contributed by atoms with Crippen molar-refractivity contribution < 1.29 is 9.90 Å². The molecule has 0 amide bonds. The zero-order chi connectivity index (χ0) is 12.6. The molecule has 1 rings (SSSR count). The van der Waals surface area contributed by atoms with Gasteiger partial charge < -0.3 is 5.11 Å². The average Bonchev–Trinajstić information content (AvgIpc) is 2.15. The summed E-state index contributed by atoms with van der Waals surface area (Å²) in [7, 11) is 0. The lowest BCUT2D eigenvalue weighted by molar-refractivity contribution is -0.151. The van der Waals surface area contributed by atoms with Gasteiger partial charge >= 0.3 is 5.97 Å². The molecule has 0 fully saturated rings. The fourth-order valence-electron chi connectivity index (χ4n) is 2.73. The number of hydrogen-bond acceptors (Lipinski definition) is 1. The monoisotopic (exact) mass is 222 g/mol. The molecule has 0 radical (unpaired) electrons. The third-order valence-corrected chi connectivity index (χ3v) is 3.68. The van der Waals surface area contributed by atoms with E-state index < -0.39 is 11.4 Å². The molecule has 0 bridgehead atoms. The van der Waals surface area contributed by atoms with Crippen LogP contribution in [0, 0.1) is 16.7 Å². The van der Waals surface area contributed by atoms with Gasteiger partial charge in [-0.1, -0.05) is 37.6 Å². The Bertz CT molecular complexity index is 350. The third-order valence-electron chi connectivity index (χ3n) is 3.68. The molecule has 0 spiro atoms. The van der Waals surface area contributed by atoms with Crippen molar-refractivity contribution in [1.29, 1.82) is 0 Å². The molecular weight excluding hydrogens is 200 g/mol. The molecule has 0 heterocycles. The van der Waals surface area contributed by atoms with Crippen molar-refractivity contribution in [3.05, 3.63) is 23.8 Å². The maximum Gasteiger partial charge on any atom is 0.310 e. The van der Waals surface area contributed by atoms with Crippen molar-refractivity contribution in [2.45, 2.75) is 41.0 Å². The first-order valence-electron chi connectivity index (χ1n) is 5.78. The van der Waals surface area contributed by atoms with Gasteiger partial charge in [-0.25, -0.2) is 0 Å². The van der Waals surface area contributed by atoms with Crippen LogP contribution in [-0.4, -0.2) is 11.1 Å². The van der Waals surface area contributed by atoms with Crippen LogP contribution in [0.5, 0.6) is 0 Å². The van der Waals surface area contributed by atoms with Gasteiger partial charge in [0, 0.05) is 5.92 Å². The maximum atomic E-state index is 11.5. The highest BCUT2D eigenvalue weighted by Crippen LogP contribution is 2.48. The zero-order valence-corrected chi connectivity index (χ0v) is 10.9. The lowest BCUT2D eigenvalue weighted by Gasteiger charge is -2.42. The zero-order valence-electron chi connectivity index (χ0n) is 10.9. The van der Waals surface area contributed by atoms with Crippen LogP contribution < -0.4 is 0 Å². The molecule has 1 N–H and O–H groups in total. The van der Waals surface area contributed by atoms with Crippen molar-refractivity contribution in [3.8, 4) is 0 Å². The van der Waals surface area contributed by atoms with E-state index in [9.17, 15) is 9.90 Å². The molecular formula is C14H22O2. The highest BCUT2D eigenvalue weighted by atomic mass is 16.4. The molecule has 0 aromatic heterocycles. The quantitative estimate of drug-likeness (QED) is 0.724. The summed E-state index contributed by atoms with van der Waals surface area (Å²) < 4.78 is 0. The number of carboxylic acids is 1. The van der Waals surface area contributed by atoms with Crippen LogP contribution in [0.15, 0.2) is 23.8 Å². The number of carbonyl (C=O) groups is 1. The Morgan fingerprint density at radius 3 is 2.44 bits per heavy atom. The van der Waals surface area contributed by atoms with Crippen LogP contribution in [0.25, 0.3) is 0 Å². The van der Waals surface area contributed by atoms with Crippen LogP contribution in [0.2, 0.25) is 0 Å². The van der Waals surface area contributed by atoms with Gasteiger partial charge in [0.2, 0.25) is 0 Å². The first-order valence-corrected chi connectivity index (χ1v) is 5.78. The minimum Gasteiger partial charge on any atom is -0.481 e. The molecule has 1 aliphatic rings. The molecule has 2 nitrogen and oxygen atoms in total. The number of hydrogen-bond donors (Lipinski definition) is 1. The lowest BCUT2D eigenvalue weighted by Crippen LogP contribution is -2.41. The standard InChI is InChI=1S/C14H22O2/c1-6-10(2)11-7-8-13(3,4)9-14(11,5)12(15)16/h6-8,11H,9H2,1-5H3,(H,15,16)/t11?,14-/m1/s1. The molecule has 1 unspecified atom stereocenters. The van der Waals surface area contributed by atoms with Crippen LogP contribution in [0.4, 0.5) is 0 Å². The van der Waals surface area contributed by atoms with E-state index in [0.29, 0.717) is 6.42 Å². The van der Waals surface area contributed by atoms with Gasteiger partial charge in [0.05, 0.1) is 5.41 Å². The first-order chi connectivity index (χ1) is 7.23. The van der Waals surface area contributed by atoms with Crippen molar-refractivity contribution in [3.63, 3.8) is 0 Å². The number of rotatable bonds is 2. The molecule has 0 aliphatic heterocycles. The summed E-state index contributed by atoms with van der Waals surface area (Å²) in [5.41, 5.74) is 0.420. The fourth-order valence-corrected chi connectivity index (χ4v) is 2.73. The Morgan fingerprint density at radius 1 is 1.44 bits per heavy atom. The molecule has 90 valence electrons. The van der Waals surface area contributed by atoms with Gasteiger partial charge in [0.1, 0.15) is 0 Å². The van der Waals surface area contributed by atoms with E-state index in [-0.39, 0.29) is 11.3 Å². The molecule has 2 heteroatoms. The van der Waals surface area contributed by atoms with Gasteiger partial charge in [-0.05, 0) is 32.6 Å². The normalized spacial score (nSPS) is 33.8. The summed E-state index contributed by atoms with van der Waals surface area (Å²) in [5.74, 6) is -0.681. The number of allylic oxidation sites excluding steroid dienone is 4. The Balaban J connectivity index is 3.21.